The molecule has 7 heteroatoms. The largest absolute Gasteiger partial charge is 0.348 e. The number of aryl methyl sites for hydroxylation is 1. The van der Waals surface area contributed by atoms with Crippen molar-refractivity contribution in [1.29, 1.82) is 0 Å². The summed E-state index contributed by atoms with van der Waals surface area (Å²) >= 11 is 1.68. The molecule has 25 heavy (non-hydrogen) atoms. The number of anilines is 2. The monoisotopic (exact) mass is 353 g/mol. The van der Waals surface area contributed by atoms with Crippen LogP contribution in [0.5, 0.6) is 0 Å². The standard InChI is InChI=1S/C18H19N5OS/c1-22-12-13(11-19-22)4-7-17(24)20-14-5-6-15-16(10-14)25-18(21-15)23-8-2-3-9-23/h4-7,10-12H,2-3,8-9H2,1H3,(H,20,24). The van der Waals surface area contributed by atoms with Gasteiger partial charge in [-0.25, -0.2) is 4.98 Å². The summed E-state index contributed by atoms with van der Waals surface area (Å²) in [5.41, 5.74) is 2.66. The highest BCUT2D eigenvalue weighted by atomic mass is 32.1. The van der Waals surface area contributed by atoms with Crippen LogP contribution < -0.4 is 10.2 Å². The molecule has 2 aromatic heterocycles. The number of hydrogen-bond acceptors (Lipinski definition) is 5. The summed E-state index contributed by atoms with van der Waals surface area (Å²) < 4.78 is 2.80. The zero-order chi connectivity index (χ0) is 17.2. The van der Waals surface area contributed by atoms with Gasteiger partial charge in [0, 0.05) is 43.7 Å². The van der Waals surface area contributed by atoms with Crippen LogP contribution in [-0.2, 0) is 11.8 Å². The Hall–Kier alpha value is -2.67. The van der Waals surface area contributed by atoms with E-state index in [1.807, 2.05) is 31.4 Å². The minimum absolute atomic E-state index is 0.160. The third-order valence-electron chi connectivity index (χ3n) is 4.17. The lowest BCUT2D eigenvalue weighted by Gasteiger charge is -2.11. The van der Waals surface area contributed by atoms with Crippen molar-refractivity contribution in [1.82, 2.24) is 14.8 Å². The molecule has 1 fully saturated rings. The number of amides is 1. The van der Waals surface area contributed by atoms with Crippen LogP contribution in [0.4, 0.5) is 10.8 Å². The Balaban J connectivity index is 1.47. The molecule has 0 bridgehead atoms. The summed E-state index contributed by atoms with van der Waals surface area (Å²) in [5, 5.41) is 8.05. The summed E-state index contributed by atoms with van der Waals surface area (Å²) in [4.78, 5) is 19.1. The van der Waals surface area contributed by atoms with E-state index >= 15 is 0 Å². The second-order valence-corrected chi connectivity index (χ2v) is 7.15. The van der Waals surface area contributed by atoms with E-state index in [0.29, 0.717) is 0 Å². The van der Waals surface area contributed by atoms with E-state index in [9.17, 15) is 4.79 Å². The van der Waals surface area contributed by atoms with Crippen LogP contribution in [0.15, 0.2) is 36.7 Å². The zero-order valence-corrected chi connectivity index (χ0v) is 14.8. The topological polar surface area (TPSA) is 63.1 Å². The van der Waals surface area contributed by atoms with E-state index in [1.165, 1.54) is 18.9 Å². The highest BCUT2D eigenvalue weighted by Gasteiger charge is 2.16. The molecule has 1 aromatic carbocycles. The van der Waals surface area contributed by atoms with Crippen molar-refractivity contribution in [2.45, 2.75) is 12.8 Å². The highest BCUT2D eigenvalue weighted by molar-refractivity contribution is 7.22. The molecular formula is C18H19N5OS. The van der Waals surface area contributed by atoms with E-state index < -0.39 is 0 Å². The first-order valence-electron chi connectivity index (χ1n) is 8.31. The Morgan fingerprint density at radius 2 is 2.16 bits per heavy atom. The Bertz CT molecular complexity index is 936. The van der Waals surface area contributed by atoms with Crippen LogP contribution in [0, 0.1) is 0 Å². The minimum atomic E-state index is -0.160. The van der Waals surface area contributed by atoms with E-state index in [4.69, 9.17) is 4.98 Å². The van der Waals surface area contributed by atoms with E-state index in [-0.39, 0.29) is 5.91 Å². The molecule has 1 saturated heterocycles. The fourth-order valence-corrected chi connectivity index (χ4v) is 3.97. The van der Waals surface area contributed by atoms with Crippen LogP contribution in [0.25, 0.3) is 16.3 Å². The van der Waals surface area contributed by atoms with Crippen molar-refractivity contribution in [2.24, 2.45) is 7.05 Å². The third-order valence-corrected chi connectivity index (χ3v) is 5.25. The average molecular weight is 353 g/mol. The van der Waals surface area contributed by atoms with Gasteiger partial charge >= 0.3 is 0 Å². The molecule has 4 rings (SSSR count). The Morgan fingerprint density at radius 3 is 2.92 bits per heavy atom. The van der Waals surface area contributed by atoms with Crippen molar-refractivity contribution >= 4 is 44.4 Å². The van der Waals surface area contributed by atoms with Gasteiger partial charge in [0.1, 0.15) is 0 Å². The lowest BCUT2D eigenvalue weighted by Crippen LogP contribution is -2.16. The molecule has 3 heterocycles. The van der Waals surface area contributed by atoms with Crippen LogP contribution in [0.2, 0.25) is 0 Å². The van der Waals surface area contributed by atoms with Gasteiger partial charge in [0.2, 0.25) is 5.91 Å². The first kappa shape index (κ1) is 15.8. The molecule has 6 nitrogen and oxygen atoms in total. The van der Waals surface area contributed by atoms with Crippen LogP contribution in [-0.4, -0.2) is 33.8 Å². The number of thiazole rings is 1. The number of nitrogens with one attached hydrogen (secondary N) is 1. The van der Waals surface area contributed by atoms with Gasteiger partial charge in [-0.3, -0.25) is 9.48 Å². The van der Waals surface area contributed by atoms with Gasteiger partial charge in [0.15, 0.2) is 5.13 Å². The summed E-state index contributed by atoms with van der Waals surface area (Å²) in [7, 11) is 1.85. The Labute approximate surface area is 149 Å². The molecule has 0 saturated carbocycles. The van der Waals surface area contributed by atoms with Gasteiger partial charge in [-0.05, 0) is 37.1 Å². The number of benzene rings is 1. The van der Waals surface area contributed by atoms with Crippen LogP contribution in [0.1, 0.15) is 18.4 Å². The predicted molar refractivity (Wildman–Crippen MR) is 102 cm³/mol. The Morgan fingerprint density at radius 1 is 1.32 bits per heavy atom. The molecule has 1 aliphatic heterocycles. The highest BCUT2D eigenvalue weighted by Crippen LogP contribution is 2.32. The number of aromatic nitrogens is 3. The molecule has 128 valence electrons. The first-order valence-corrected chi connectivity index (χ1v) is 9.12. The maximum atomic E-state index is 12.1. The molecular weight excluding hydrogens is 334 g/mol. The third kappa shape index (κ3) is 3.56. The van der Waals surface area contributed by atoms with Gasteiger partial charge in [0.25, 0.3) is 0 Å². The zero-order valence-electron chi connectivity index (χ0n) is 14.0. The summed E-state index contributed by atoms with van der Waals surface area (Å²) in [6, 6.07) is 5.85. The van der Waals surface area contributed by atoms with Gasteiger partial charge < -0.3 is 10.2 Å². The fraction of sp³-hybridized carbons (Fsp3) is 0.278. The summed E-state index contributed by atoms with van der Waals surface area (Å²) in [6.07, 6.45) is 9.31. The number of nitrogens with zero attached hydrogens (tertiary/aromatic N) is 4. The first-order chi connectivity index (χ1) is 12.2. The molecule has 0 atom stereocenters. The molecule has 0 radical (unpaired) electrons. The molecule has 0 aliphatic carbocycles. The SMILES string of the molecule is Cn1cc(C=CC(=O)Nc2ccc3nc(N4CCCC4)sc3c2)cn1. The molecule has 1 amide bonds. The lowest BCUT2D eigenvalue weighted by molar-refractivity contribution is -0.111. The average Bonchev–Trinajstić information content (AvgIpc) is 3.32. The maximum absolute atomic E-state index is 12.1. The second kappa shape index (κ2) is 6.68. The number of rotatable bonds is 4. The predicted octanol–water partition coefficient (Wildman–Crippen LogP) is 3.28. The van der Waals surface area contributed by atoms with E-state index in [2.05, 4.69) is 15.3 Å². The molecule has 0 unspecified atom stereocenters. The van der Waals surface area contributed by atoms with Gasteiger partial charge in [-0.2, -0.15) is 5.10 Å². The quantitative estimate of drug-likeness (QED) is 0.731. The number of fused-ring (bicyclic) bond motifs is 1. The van der Waals surface area contributed by atoms with Crippen LogP contribution >= 0.6 is 11.3 Å². The minimum Gasteiger partial charge on any atom is -0.348 e. The van der Waals surface area contributed by atoms with Crippen molar-refractivity contribution in [3.63, 3.8) is 0 Å². The van der Waals surface area contributed by atoms with Crippen molar-refractivity contribution in [3.8, 4) is 0 Å². The molecule has 1 aliphatic rings. The molecule has 0 spiro atoms. The van der Waals surface area contributed by atoms with Crippen molar-refractivity contribution in [2.75, 3.05) is 23.3 Å². The maximum Gasteiger partial charge on any atom is 0.248 e. The number of carbonyl (C=O) groups excluding carboxylic acids is 1. The molecule has 3 aromatic rings. The van der Waals surface area contributed by atoms with Crippen LogP contribution in [0.3, 0.4) is 0 Å². The Kier molecular flexibility index (Phi) is 4.23. The number of hydrogen-bond donors (Lipinski definition) is 1. The summed E-state index contributed by atoms with van der Waals surface area (Å²) in [5.74, 6) is -0.160. The fourth-order valence-electron chi connectivity index (χ4n) is 2.92. The number of carbonyl (C=O) groups is 1. The van der Waals surface area contributed by atoms with Gasteiger partial charge in [0.05, 0.1) is 16.4 Å². The van der Waals surface area contributed by atoms with E-state index in [0.717, 1.165) is 39.7 Å². The second-order valence-electron chi connectivity index (χ2n) is 6.14. The molecule has 1 N–H and O–H groups in total. The van der Waals surface area contributed by atoms with E-state index in [1.54, 1.807) is 28.3 Å². The van der Waals surface area contributed by atoms with Crippen molar-refractivity contribution in [3.05, 3.63) is 42.2 Å². The summed E-state index contributed by atoms with van der Waals surface area (Å²) in [6.45, 7) is 2.17. The van der Waals surface area contributed by atoms with Gasteiger partial charge in [-0.1, -0.05) is 11.3 Å². The lowest BCUT2D eigenvalue weighted by atomic mass is 10.3. The smallest absolute Gasteiger partial charge is 0.248 e. The van der Waals surface area contributed by atoms with Gasteiger partial charge in [-0.15, -0.1) is 0 Å². The van der Waals surface area contributed by atoms with Crippen molar-refractivity contribution < 1.29 is 4.79 Å². The normalized spacial score (nSPS) is 14.7.